The first kappa shape index (κ1) is 10.3. The summed E-state index contributed by atoms with van der Waals surface area (Å²) in [7, 11) is 0. The lowest BCUT2D eigenvalue weighted by atomic mass is 9.70. The summed E-state index contributed by atoms with van der Waals surface area (Å²) in [5.41, 5.74) is 1.62. The molecule has 1 aliphatic carbocycles. The first-order valence-electron chi connectivity index (χ1n) is 5.81. The van der Waals surface area contributed by atoms with E-state index in [2.05, 4.69) is 5.32 Å². The first-order chi connectivity index (χ1) is 8.21. The quantitative estimate of drug-likeness (QED) is 0.793. The van der Waals surface area contributed by atoms with Crippen LogP contribution < -0.4 is 5.32 Å². The van der Waals surface area contributed by atoms with Crippen molar-refractivity contribution >= 4 is 11.7 Å². The molecule has 3 nitrogen and oxygen atoms in total. The van der Waals surface area contributed by atoms with Gasteiger partial charge in [-0.1, -0.05) is 30.3 Å². The summed E-state index contributed by atoms with van der Waals surface area (Å²) in [6, 6.07) is 9.97. The molecule has 86 valence electrons. The lowest BCUT2D eigenvalue weighted by Gasteiger charge is -2.32. The Hall–Kier alpha value is -1.90. The molecule has 1 N–H and O–H groups in total. The van der Waals surface area contributed by atoms with E-state index in [0.29, 0.717) is 12.8 Å². The highest BCUT2D eigenvalue weighted by Crippen LogP contribution is 2.44. The van der Waals surface area contributed by atoms with Crippen LogP contribution in [-0.4, -0.2) is 11.7 Å². The Morgan fingerprint density at radius 1 is 1.12 bits per heavy atom. The van der Waals surface area contributed by atoms with Gasteiger partial charge in [-0.05, 0) is 12.0 Å². The zero-order valence-corrected chi connectivity index (χ0v) is 9.40. The summed E-state index contributed by atoms with van der Waals surface area (Å²) in [5.74, 6) is 0.114. The van der Waals surface area contributed by atoms with Gasteiger partial charge in [-0.3, -0.25) is 9.59 Å². The minimum absolute atomic E-state index is 0.00908. The van der Waals surface area contributed by atoms with E-state index < -0.39 is 0 Å². The third-order valence-electron chi connectivity index (χ3n) is 3.68. The van der Waals surface area contributed by atoms with Gasteiger partial charge in [0.15, 0.2) is 5.78 Å². The predicted molar refractivity (Wildman–Crippen MR) is 63.2 cm³/mol. The Balaban J connectivity index is 2.14. The number of allylic oxidation sites excluding steroid dienone is 2. The van der Waals surface area contributed by atoms with Gasteiger partial charge in [0.25, 0.3) is 0 Å². The molecule has 1 atom stereocenters. The van der Waals surface area contributed by atoms with Crippen molar-refractivity contribution in [3.63, 3.8) is 0 Å². The molecule has 1 aromatic rings. The molecule has 1 amide bonds. The van der Waals surface area contributed by atoms with Crippen molar-refractivity contribution in [2.75, 3.05) is 0 Å². The van der Waals surface area contributed by atoms with Crippen LogP contribution in [0.5, 0.6) is 0 Å². The molecule has 1 heterocycles. The molecular weight excluding hydrogens is 214 g/mol. The van der Waals surface area contributed by atoms with E-state index in [4.69, 9.17) is 0 Å². The van der Waals surface area contributed by atoms with Gasteiger partial charge < -0.3 is 5.32 Å². The second-order valence-electron chi connectivity index (χ2n) is 4.70. The van der Waals surface area contributed by atoms with Crippen LogP contribution in [0.4, 0.5) is 0 Å². The number of amides is 1. The normalized spacial score (nSPS) is 27.4. The maximum Gasteiger partial charge on any atom is 0.225 e. The Labute approximate surface area is 99.5 Å². The standard InChI is InChI=1S/C14H13NO2/c16-11-6-7-14(10-4-2-1-3-5-10)9-13(17)15-12(14)8-11/h1-5,8H,6-7,9H2,(H,15,17). The second kappa shape index (κ2) is 3.55. The molecule has 1 saturated heterocycles. The number of carbonyl (C=O) groups is 2. The van der Waals surface area contributed by atoms with Crippen LogP contribution in [0.1, 0.15) is 24.8 Å². The lowest BCUT2D eigenvalue weighted by molar-refractivity contribution is -0.119. The highest BCUT2D eigenvalue weighted by Gasteiger charge is 2.46. The van der Waals surface area contributed by atoms with Crippen molar-refractivity contribution in [1.29, 1.82) is 0 Å². The highest BCUT2D eigenvalue weighted by atomic mass is 16.2. The summed E-state index contributed by atoms with van der Waals surface area (Å²) < 4.78 is 0. The van der Waals surface area contributed by atoms with Gasteiger partial charge in [0.2, 0.25) is 5.91 Å². The average molecular weight is 227 g/mol. The van der Waals surface area contributed by atoms with E-state index in [1.165, 1.54) is 0 Å². The molecule has 0 radical (unpaired) electrons. The molecule has 1 aromatic carbocycles. The zero-order valence-electron chi connectivity index (χ0n) is 9.40. The number of hydrogen-bond donors (Lipinski definition) is 1. The van der Waals surface area contributed by atoms with Gasteiger partial charge in [-0.15, -0.1) is 0 Å². The summed E-state index contributed by atoms with van der Waals surface area (Å²) in [6.07, 6.45) is 3.30. The molecule has 0 spiro atoms. The van der Waals surface area contributed by atoms with Crippen molar-refractivity contribution in [3.05, 3.63) is 47.7 Å². The van der Waals surface area contributed by atoms with E-state index in [1.807, 2.05) is 30.3 Å². The Morgan fingerprint density at radius 3 is 2.65 bits per heavy atom. The third kappa shape index (κ3) is 1.50. The topological polar surface area (TPSA) is 46.2 Å². The zero-order chi connectivity index (χ0) is 11.9. The highest BCUT2D eigenvalue weighted by molar-refractivity contribution is 5.96. The van der Waals surface area contributed by atoms with Crippen molar-refractivity contribution < 1.29 is 9.59 Å². The second-order valence-corrected chi connectivity index (χ2v) is 4.70. The molecule has 0 bridgehead atoms. The summed E-state index contributed by atoms with van der Waals surface area (Å²) in [4.78, 5) is 23.1. The van der Waals surface area contributed by atoms with E-state index in [9.17, 15) is 9.59 Å². The molecule has 3 heteroatoms. The smallest absolute Gasteiger partial charge is 0.225 e. The third-order valence-corrected chi connectivity index (χ3v) is 3.68. The minimum Gasteiger partial charge on any atom is -0.329 e. The Kier molecular flexibility index (Phi) is 2.15. The van der Waals surface area contributed by atoms with Gasteiger partial charge in [-0.25, -0.2) is 0 Å². The van der Waals surface area contributed by atoms with Crippen LogP contribution in [-0.2, 0) is 15.0 Å². The van der Waals surface area contributed by atoms with Crippen LogP contribution in [0.25, 0.3) is 0 Å². The first-order valence-corrected chi connectivity index (χ1v) is 5.81. The summed E-state index contributed by atoms with van der Waals surface area (Å²) in [5, 5.41) is 2.83. The summed E-state index contributed by atoms with van der Waals surface area (Å²) in [6.45, 7) is 0. The van der Waals surface area contributed by atoms with Crippen LogP contribution in [0, 0.1) is 0 Å². The number of rotatable bonds is 1. The van der Waals surface area contributed by atoms with E-state index >= 15 is 0 Å². The van der Waals surface area contributed by atoms with Crippen LogP contribution in [0.15, 0.2) is 42.1 Å². The molecule has 17 heavy (non-hydrogen) atoms. The number of ketones is 1. The van der Waals surface area contributed by atoms with Gasteiger partial charge in [0.05, 0.1) is 0 Å². The van der Waals surface area contributed by atoms with Crippen molar-refractivity contribution in [2.45, 2.75) is 24.7 Å². The molecule has 0 saturated carbocycles. The van der Waals surface area contributed by atoms with E-state index in [1.54, 1.807) is 6.08 Å². The van der Waals surface area contributed by atoms with Crippen LogP contribution in [0.2, 0.25) is 0 Å². The van der Waals surface area contributed by atoms with Crippen molar-refractivity contribution in [1.82, 2.24) is 5.32 Å². The van der Waals surface area contributed by atoms with Crippen LogP contribution in [0.3, 0.4) is 0 Å². The predicted octanol–water partition coefficient (Wildman–Crippen LogP) is 1.69. The fraction of sp³-hybridized carbons (Fsp3) is 0.286. The van der Waals surface area contributed by atoms with E-state index in [-0.39, 0.29) is 17.1 Å². The maximum absolute atomic E-state index is 11.6. The minimum atomic E-state index is -0.285. The number of fused-ring (bicyclic) bond motifs is 1. The molecule has 1 fully saturated rings. The number of nitrogens with one attached hydrogen (secondary N) is 1. The van der Waals surface area contributed by atoms with Gasteiger partial charge in [-0.2, -0.15) is 0 Å². The maximum atomic E-state index is 11.6. The van der Waals surface area contributed by atoms with Crippen molar-refractivity contribution in [3.8, 4) is 0 Å². The lowest BCUT2D eigenvalue weighted by Crippen LogP contribution is -2.31. The summed E-state index contributed by atoms with van der Waals surface area (Å²) >= 11 is 0. The molecule has 2 aliphatic rings. The average Bonchev–Trinajstić information content (AvgIpc) is 2.67. The fourth-order valence-electron chi connectivity index (χ4n) is 2.81. The molecule has 0 aromatic heterocycles. The Bertz CT molecular complexity index is 518. The monoisotopic (exact) mass is 227 g/mol. The molecule has 1 aliphatic heterocycles. The van der Waals surface area contributed by atoms with Gasteiger partial charge >= 0.3 is 0 Å². The Morgan fingerprint density at radius 2 is 1.88 bits per heavy atom. The van der Waals surface area contributed by atoms with Crippen molar-refractivity contribution in [2.24, 2.45) is 0 Å². The van der Waals surface area contributed by atoms with Crippen LogP contribution >= 0.6 is 0 Å². The SMILES string of the molecule is O=C1C=C2NC(=O)CC2(c2ccccc2)CC1. The number of carbonyl (C=O) groups excluding carboxylic acids is 2. The largest absolute Gasteiger partial charge is 0.329 e. The van der Waals surface area contributed by atoms with E-state index in [0.717, 1.165) is 17.7 Å². The number of hydrogen-bond acceptors (Lipinski definition) is 2. The van der Waals surface area contributed by atoms with Gasteiger partial charge in [0, 0.05) is 30.0 Å². The van der Waals surface area contributed by atoms with Gasteiger partial charge in [0.1, 0.15) is 0 Å². The molecular formula is C14H13NO2. The fourth-order valence-corrected chi connectivity index (χ4v) is 2.81. The molecule has 1 unspecified atom stereocenters. The number of benzene rings is 1. The molecule has 3 rings (SSSR count).